The maximum atomic E-state index is 12.5. The molecule has 0 amide bonds. The highest BCUT2D eigenvalue weighted by atomic mass is 28.3. The van der Waals surface area contributed by atoms with E-state index < -0.39 is 8.07 Å². The van der Waals surface area contributed by atoms with Crippen LogP contribution < -0.4 is 5.19 Å². The van der Waals surface area contributed by atoms with E-state index in [2.05, 4.69) is 74.3 Å². The van der Waals surface area contributed by atoms with Crippen molar-refractivity contribution in [3.63, 3.8) is 0 Å². The van der Waals surface area contributed by atoms with E-state index in [9.17, 15) is 4.79 Å². The molecule has 1 fully saturated rings. The van der Waals surface area contributed by atoms with Gasteiger partial charge in [-0.3, -0.25) is 4.79 Å². The van der Waals surface area contributed by atoms with Crippen molar-refractivity contribution in [1.29, 1.82) is 0 Å². The second kappa shape index (κ2) is 7.53. The van der Waals surface area contributed by atoms with E-state index in [1.54, 1.807) is 0 Å². The highest BCUT2D eigenvalue weighted by Crippen LogP contribution is 2.39. The Balaban J connectivity index is 1.61. The summed E-state index contributed by atoms with van der Waals surface area (Å²) in [5.41, 5.74) is 2.57. The second-order valence-electron chi connectivity index (χ2n) is 8.09. The van der Waals surface area contributed by atoms with Gasteiger partial charge in [0.05, 0.1) is 8.07 Å². The van der Waals surface area contributed by atoms with E-state index in [4.69, 9.17) is 0 Å². The van der Waals surface area contributed by atoms with Crippen molar-refractivity contribution < 1.29 is 4.79 Å². The molecule has 0 radical (unpaired) electrons. The first kappa shape index (κ1) is 17.9. The van der Waals surface area contributed by atoms with Crippen LogP contribution in [0.15, 0.2) is 72.8 Å². The molecule has 2 heteroatoms. The average molecular weight is 349 g/mol. The topological polar surface area (TPSA) is 17.1 Å². The van der Waals surface area contributed by atoms with E-state index >= 15 is 0 Å². The molecule has 3 rings (SSSR count). The maximum absolute atomic E-state index is 12.5. The molecule has 0 N–H and O–H groups in total. The Bertz CT molecular complexity index is 733. The van der Waals surface area contributed by atoms with E-state index in [0.717, 1.165) is 18.9 Å². The summed E-state index contributed by atoms with van der Waals surface area (Å²) in [6.45, 7) is 9.14. The normalized spacial score (nSPS) is 20.6. The van der Waals surface area contributed by atoms with Crippen LogP contribution in [0, 0.1) is 5.92 Å². The third-order valence-electron chi connectivity index (χ3n) is 5.53. The second-order valence-corrected chi connectivity index (χ2v) is 12.8. The van der Waals surface area contributed by atoms with Crippen molar-refractivity contribution in [3.05, 3.63) is 78.4 Å². The highest BCUT2D eigenvalue weighted by molar-refractivity contribution is 6.90. The standard InChI is InChI=1S/C23H28OSi/c1-18(17-25(2,3)22-12-8-5-9-13-22)14-21-15-20(16-23(21)24)19-10-6-4-7-11-19/h4-13,20-21H,1,14-17H2,2-3H3. The summed E-state index contributed by atoms with van der Waals surface area (Å²) in [7, 11) is -1.53. The Morgan fingerprint density at radius 3 is 2.28 bits per heavy atom. The molecule has 0 aromatic heterocycles. The summed E-state index contributed by atoms with van der Waals surface area (Å²) in [6.07, 6.45) is 2.54. The predicted octanol–water partition coefficient (Wildman–Crippen LogP) is 5.31. The molecular weight excluding hydrogens is 320 g/mol. The molecule has 1 saturated carbocycles. The van der Waals surface area contributed by atoms with Crippen LogP contribution in [-0.2, 0) is 4.79 Å². The third kappa shape index (κ3) is 4.38. The molecule has 2 atom stereocenters. The van der Waals surface area contributed by atoms with Gasteiger partial charge in [0.2, 0.25) is 0 Å². The molecule has 25 heavy (non-hydrogen) atoms. The van der Waals surface area contributed by atoms with E-state index in [-0.39, 0.29) is 5.92 Å². The van der Waals surface area contributed by atoms with Crippen LogP contribution in [0.3, 0.4) is 0 Å². The minimum atomic E-state index is -1.53. The molecular formula is C23H28OSi. The highest BCUT2D eigenvalue weighted by Gasteiger charge is 2.34. The number of carbonyl (C=O) groups excluding carboxylic acids is 1. The molecule has 0 aliphatic heterocycles. The quantitative estimate of drug-likeness (QED) is 0.510. The van der Waals surface area contributed by atoms with Crippen molar-refractivity contribution in [1.82, 2.24) is 0 Å². The summed E-state index contributed by atoms with van der Waals surface area (Å²) >= 11 is 0. The van der Waals surface area contributed by atoms with E-state index in [1.165, 1.54) is 16.3 Å². The Labute approximate surface area is 152 Å². The number of rotatable bonds is 6. The molecule has 1 aliphatic rings. The van der Waals surface area contributed by atoms with Crippen LogP contribution in [0.25, 0.3) is 0 Å². The Morgan fingerprint density at radius 2 is 1.64 bits per heavy atom. The Morgan fingerprint density at radius 1 is 1.04 bits per heavy atom. The van der Waals surface area contributed by atoms with Crippen LogP contribution in [-0.4, -0.2) is 13.9 Å². The van der Waals surface area contributed by atoms with Gasteiger partial charge in [0.25, 0.3) is 0 Å². The zero-order valence-electron chi connectivity index (χ0n) is 15.4. The lowest BCUT2D eigenvalue weighted by atomic mass is 9.94. The first-order valence-corrected chi connectivity index (χ1v) is 12.5. The summed E-state index contributed by atoms with van der Waals surface area (Å²) in [6, 6.07) is 22.4. The lowest BCUT2D eigenvalue weighted by Crippen LogP contribution is -2.41. The van der Waals surface area contributed by atoms with Gasteiger partial charge in [0.1, 0.15) is 5.78 Å². The van der Waals surface area contributed by atoms with Gasteiger partial charge < -0.3 is 0 Å². The van der Waals surface area contributed by atoms with Crippen LogP contribution in [0.4, 0.5) is 0 Å². The zero-order valence-corrected chi connectivity index (χ0v) is 16.4. The smallest absolute Gasteiger partial charge is 0.136 e. The minimum absolute atomic E-state index is 0.165. The Kier molecular flexibility index (Phi) is 5.38. The summed E-state index contributed by atoms with van der Waals surface area (Å²) in [5, 5.41) is 1.47. The molecule has 2 aromatic carbocycles. The van der Waals surface area contributed by atoms with Gasteiger partial charge in [0.15, 0.2) is 0 Å². The van der Waals surface area contributed by atoms with Crippen molar-refractivity contribution in [3.8, 4) is 0 Å². The minimum Gasteiger partial charge on any atom is -0.299 e. The number of ketones is 1. The van der Waals surface area contributed by atoms with Gasteiger partial charge in [-0.05, 0) is 30.4 Å². The van der Waals surface area contributed by atoms with Crippen molar-refractivity contribution >= 4 is 19.0 Å². The van der Waals surface area contributed by atoms with E-state index in [0.29, 0.717) is 18.1 Å². The molecule has 1 nitrogen and oxygen atoms in total. The fourth-order valence-electron chi connectivity index (χ4n) is 4.18. The monoisotopic (exact) mass is 348 g/mol. The molecule has 2 aromatic rings. The predicted molar refractivity (Wildman–Crippen MR) is 109 cm³/mol. The molecule has 0 heterocycles. The van der Waals surface area contributed by atoms with Gasteiger partial charge in [-0.2, -0.15) is 0 Å². The fraction of sp³-hybridized carbons (Fsp3) is 0.348. The first-order chi connectivity index (χ1) is 12.0. The average Bonchev–Trinajstić information content (AvgIpc) is 2.96. The number of allylic oxidation sites excluding steroid dienone is 1. The zero-order chi connectivity index (χ0) is 17.9. The van der Waals surface area contributed by atoms with E-state index in [1.807, 2.05) is 6.07 Å². The first-order valence-electron chi connectivity index (χ1n) is 9.25. The molecule has 130 valence electrons. The van der Waals surface area contributed by atoms with Gasteiger partial charge >= 0.3 is 0 Å². The number of carbonyl (C=O) groups is 1. The summed E-state index contributed by atoms with van der Waals surface area (Å²) in [5.74, 6) is 0.985. The molecule has 0 spiro atoms. The molecule has 2 unspecified atom stereocenters. The lowest BCUT2D eigenvalue weighted by Gasteiger charge is -2.25. The third-order valence-corrected chi connectivity index (χ3v) is 8.81. The lowest BCUT2D eigenvalue weighted by molar-refractivity contribution is -0.120. The van der Waals surface area contributed by atoms with Crippen LogP contribution in [0.1, 0.15) is 30.7 Å². The Hall–Kier alpha value is -1.93. The van der Waals surface area contributed by atoms with Crippen molar-refractivity contribution in [2.24, 2.45) is 5.92 Å². The summed E-state index contributed by atoms with van der Waals surface area (Å²) < 4.78 is 0. The van der Waals surface area contributed by atoms with Gasteiger partial charge in [-0.25, -0.2) is 0 Å². The SMILES string of the molecule is C=C(CC1CC(c2ccccc2)CC1=O)C[Si](C)(C)c1ccccc1. The van der Waals surface area contributed by atoms with Crippen molar-refractivity contribution in [2.75, 3.05) is 0 Å². The summed E-state index contributed by atoms with van der Waals surface area (Å²) in [4.78, 5) is 12.5. The molecule has 0 saturated heterocycles. The van der Waals surface area contributed by atoms with Crippen LogP contribution >= 0.6 is 0 Å². The fourth-order valence-corrected chi connectivity index (χ4v) is 6.87. The largest absolute Gasteiger partial charge is 0.299 e. The van der Waals surface area contributed by atoms with Gasteiger partial charge in [-0.15, -0.1) is 6.58 Å². The van der Waals surface area contributed by atoms with Gasteiger partial charge in [-0.1, -0.05) is 84.5 Å². The maximum Gasteiger partial charge on any atom is 0.136 e. The van der Waals surface area contributed by atoms with Crippen LogP contribution in [0.2, 0.25) is 19.1 Å². The van der Waals surface area contributed by atoms with Crippen molar-refractivity contribution in [2.45, 2.75) is 44.3 Å². The number of benzene rings is 2. The molecule has 0 bridgehead atoms. The molecule has 1 aliphatic carbocycles. The number of hydrogen-bond acceptors (Lipinski definition) is 1. The number of hydrogen-bond donors (Lipinski definition) is 0. The number of Topliss-reactive ketones (excluding diaryl/α,β-unsaturated/α-hetero) is 1. The van der Waals surface area contributed by atoms with Gasteiger partial charge in [0, 0.05) is 12.3 Å². The van der Waals surface area contributed by atoms with Crippen LogP contribution in [0.5, 0.6) is 0 Å².